The maximum Gasteiger partial charge on any atom is 0.183 e. The summed E-state index contributed by atoms with van der Waals surface area (Å²) in [5.41, 5.74) is 3.93. The van der Waals surface area contributed by atoms with Crippen LogP contribution in [0.15, 0.2) is 50.3 Å². The maximum absolute atomic E-state index is 6.13. The second-order valence-corrected chi connectivity index (χ2v) is 10.7. The van der Waals surface area contributed by atoms with Crippen molar-refractivity contribution < 1.29 is 18.7 Å². The average Bonchev–Trinajstić information content (AvgIpc) is 3.49. The summed E-state index contributed by atoms with van der Waals surface area (Å²) in [5, 5.41) is 4.39. The molecule has 0 amide bonds. The molecule has 0 unspecified atom stereocenters. The quantitative estimate of drug-likeness (QED) is 0.372. The largest absolute Gasteiger partial charge is 0.495 e. The van der Waals surface area contributed by atoms with Crippen molar-refractivity contribution in [2.75, 3.05) is 25.0 Å². The van der Waals surface area contributed by atoms with E-state index >= 15 is 0 Å². The first kappa shape index (κ1) is 21.4. The van der Waals surface area contributed by atoms with E-state index in [1.54, 1.807) is 7.11 Å². The Morgan fingerprint density at radius 3 is 2.79 bits per heavy atom. The molecule has 1 saturated carbocycles. The van der Waals surface area contributed by atoms with Crippen molar-refractivity contribution in [3.05, 3.63) is 52.0 Å². The van der Waals surface area contributed by atoms with Gasteiger partial charge < -0.3 is 23.5 Å². The number of methoxy groups -OCH3 is 1. The summed E-state index contributed by atoms with van der Waals surface area (Å²) in [6.07, 6.45) is 5.40. The number of fused-ring (bicyclic) bond motifs is 4. The molecule has 2 fully saturated rings. The molecule has 8 heteroatoms. The van der Waals surface area contributed by atoms with Crippen LogP contribution in [0.2, 0.25) is 0 Å². The van der Waals surface area contributed by atoms with Crippen LogP contribution in [0.1, 0.15) is 36.8 Å². The summed E-state index contributed by atoms with van der Waals surface area (Å²) in [6, 6.07) is 12.5. The lowest BCUT2D eigenvalue weighted by Gasteiger charge is -2.24. The molecule has 2 aromatic carbocycles. The van der Waals surface area contributed by atoms with E-state index in [0.717, 1.165) is 76.0 Å². The van der Waals surface area contributed by atoms with Crippen LogP contribution >= 0.6 is 27.9 Å². The van der Waals surface area contributed by atoms with E-state index in [-0.39, 0.29) is 11.5 Å². The first-order valence-corrected chi connectivity index (χ1v) is 12.9. The van der Waals surface area contributed by atoms with Crippen molar-refractivity contribution >= 4 is 33.7 Å². The highest BCUT2D eigenvalue weighted by Crippen LogP contribution is 2.58. The van der Waals surface area contributed by atoms with Crippen LogP contribution in [0.4, 0.5) is 5.82 Å². The summed E-state index contributed by atoms with van der Waals surface area (Å²) in [4.78, 5) is 0.966. The average molecular weight is 529 g/mol. The Kier molecular flexibility index (Phi) is 5.55. The SMILES string of the molecule is COc1cc(OC2CCOCC2)ccc1SNc1noc2c1CC1(CC1)c1ccc(Br)cc1-2. The molecule has 172 valence electrons. The molecule has 1 saturated heterocycles. The smallest absolute Gasteiger partial charge is 0.183 e. The highest BCUT2D eigenvalue weighted by molar-refractivity contribution is 9.10. The third-order valence-electron chi connectivity index (χ3n) is 6.82. The van der Waals surface area contributed by atoms with E-state index in [0.29, 0.717) is 0 Å². The lowest BCUT2D eigenvalue weighted by Crippen LogP contribution is -2.25. The molecule has 0 radical (unpaired) electrons. The van der Waals surface area contributed by atoms with Gasteiger partial charge >= 0.3 is 0 Å². The van der Waals surface area contributed by atoms with Crippen LogP contribution < -0.4 is 14.2 Å². The molecule has 2 aliphatic carbocycles. The Bertz CT molecular complexity index is 1190. The van der Waals surface area contributed by atoms with E-state index in [9.17, 15) is 0 Å². The minimum absolute atomic E-state index is 0.194. The zero-order valence-corrected chi connectivity index (χ0v) is 20.8. The van der Waals surface area contributed by atoms with Crippen molar-refractivity contribution in [3.8, 4) is 22.8 Å². The summed E-state index contributed by atoms with van der Waals surface area (Å²) in [5.74, 6) is 3.25. The number of hydrogen-bond donors (Lipinski definition) is 1. The van der Waals surface area contributed by atoms with Gasteiger partial charge in [0.05, 0.1) is 25.2 Å². The molecule has 1 aliphatic heterocycles. The highest BCUT2D eigenvalue weighted by Gasteiger charge is 2.50. The number of hydrogen-bond acceptors (Lipinski definition) is 7. The Hall–Kier alpha value is -2.16. The topological polar surface area (TPSA) is 65.8 Å². The monoisotopic (exact) mass is 528 g/mol. The standard InChI is InChI=1S/C25H25BrN2O4S/c1-29-21-13-17(31-16-6-10-30-11-7-16)3-5-22(21)33-28-24-19-14-25(8-9-25)20-4-2-15(26)12-18(20)23(19)32-27-24/h2-5,12-13,16H,6-11,14H2,1H3,(H,27,28). The number of rotatable bonds is 6. The van der Waals surface area contributed by atoms with E-state index in [2.05, 4.69) is 44.0 Å². The summed E-state index contributed by atoms with van der Waals surface area (Å²) in [6.45, 7) is 1.51. The Balaban J connectivity index is 1.21. The summed E-state index contributed by atoms with van der Waals surface area (Å²) < 4.78 is 27.5. The second-order valence-electron chi connectivity index (χ2n) is 8.93. The lowest BCUT2D eigenvalue weighted by atomic mass is 9.79. The number of nitrogens with zero attached hydrogens (tertiary/aromatic N) is 1. The van der Waals surface area contributed by atoms with Gasteiger partial charge in [-0.3, -0.25) is 0 Å². The van der Waals surface area contributed by atoms with Crippen LogP contribution in [-0.4, -0.2) is 31.6 Å². The van der Waals surface area contributed by atoms with Gasteiger partial charge in [-0.2, -0.15) is 0 Å². The van der Waals surface area contributed by atoms with Crippen molar-refractivity contribution in [3.63, 3.8) is 0 Å². The fourth-order valence-electron chi connectivity index (χ4n) is 4.86. The van der Waals surface area contributed by atoms with Gasteiger partial charge in [-0.15, -0.1) is 0 Å². The van der Waals surface area contributed by atoms with Crippen molar-refractivity contribution in [2.45, 2.75) is 48.5 Å². The molecule has 1 N–H and O–H groups in total. The Morgan fingerprint density at radius 2 is 2.00 bits per heavy atom. The van der Waals surface area contributed by atoms with Gasteiger partial charge in [0, 0.05) is 39.9 Å². The first-order chi connectivity index (χ1) is 16.1. The number of ether oxygens (including phenoxy) is 3. The first-order valence-electron chi connectivity index (χ1n) is 11.3. The van der Waals surface area contributed by atoms with Gasteiger partial charge in [0.1, 0.15) is 17.6 Å². The molecule has 3 aliphatic rings. The van der Waals surface area contributed by atoms with E-state index < -0.39 is 0 Å². The molecule has 33 heavy (non-hydrogen) atoms. The number of benzene rings is 2. The second kappa shape index (κ2) is 8.56. The minimum Gasteiger partial charge on any atom is -0.495 e. The summed E-state index contributed by atoms with van der Waals surface area (Å²) >= 11 is 5.09. The fraction of sp³-hybridized carbons (Fsp3) is 0.400. The molecule has 3 aromatic rings. The van der Waals surface area contributed by atoms with E-state index in [1.807, 2.05) is 18.2 Å². The van der Waals surface area contributed by atoms with E-state index in [1.165, 1.54) is 30.4 Å². The molecular formula is C25H25BrN2O4S. The van der Waals surface area contributed by atoms with Crippen molar-refractivity contribution in [2.24, 2.45) is 0 Å². The Morgan fingerprint density at radius 1 is 1.15 bits per heavy atom. The van der Waals surface area contributed by atoms with Gasteiger partial charge in [-0.1, -0.05) is 27.2 Å². The molecule has 1 aromatic heterocycles. The van der Waals surface area contributed by atoms with Gasteiger partial charge in [-0.25, -0.2) is 0 Å². The molecule has 0 bridgehead atoms. The molecule has 6 rings (SSSR count). The zero-order valence-electron chi connectivity index (χ0n) is 18.4. The molecule has 6 nitrogen and oxygen atoms in total. The van der Waals surface area contributed by atoms with E-state index in [4.69, 9.17) is 18.7 Å². The third-order valence-corrected chi connectivity index (χ3v) is 8.16. The number of nitrogens with one attached hydrogen (secondary N) is 1. The van der Waals surface area contributed by atoms with Gasteiger partial charge in [-0.05, 0) is 61.0 Å². The molecular weight excluding hydrogens is 504 g/mol. The van der Waals surface area contributed by atoms with Crippen LogP contribution in [-0.2, 0) is 16.6 Å². The molecule has 0 atom stereocenters. The molecule has 2 heterocycles. The minimum atomic E-state index is 0.194. The van der Waals surface area contributed by atoms with Crippen LogP contribution in [0.5, 0.6) is 11.5 Å². The lowest BCUT2D eigenvalue weighted by molar-refractivity contribution is 0.0255. The number of halogens is 1. The highest BCUT2D eigenvalue weighted by atomic mass is 79.9. The number of aromatic nitrogens is 1. The van der Waals surface area contributed by atoms with Crippen molar-refractivity contribution in [1.29, 1.82) is 0 Å². The van der Waals surface area contributed by atoms with Gasteiger partial charge in [0.15, 0.2) is 11.6 Å². The van der Waals surface area contributed by atoms with Crippen LogP contribution in [0.3, 0.4) is 0 Å². The fourth-order valence-corrected chi connectivity index (χ4v) is 5.96. The Labute approximate surface area is 205 Å². The maximum atomic E-state index is 6.13. The van der Waals surface area contributed by atoms with Crippen LogP contribution in [0, 0.1) is 0 Å². The normalized spacial score (nSPS) is 18.5. The van der Waals surface area contributed by atoms with Gasteiger partial charge in [0.2, 0.25) is 0 Å². The third kappa shape index (κ3) is 4.02. The van der Waals surface area contributed by atoms with Crippen molar-refractivity contribution in [1.82, 2.24) is 5.16 Å². The molecule has 1 spiro atoms. The summed E-state index contributed by atoms with van der Waals surface area (Å²) in [7, 11) is 1.68. The zero-order chi connectivity index (χ0) is 22.4. The predicted octanol–water partition coefficient (Wildman–Crippen LogP) is 6.38. The number of anilines is 1. The van der Waals surface area contributed by atoms with Gasteiger partial charge in [0.25, 0.3) is 0 Å². The predicted molar refractivity (Wildman–Crippen MR) is 131 cm³/mol. The van der Waals surface area contributed by atoms with Crippen LogP contribution in [0.25, 0.3) is 11.3 Å².